The molecule has 0 spiro atoms. The zero-order valence-corrected chi connectivity index (χ0v) is 19.2. The molecule has 6 heteroatoms. The quantitative estimate of drug-likeness (QED) is 0.441. The number of anilines is 2. The molecule has 0 bridgehead atoms. The fraction of sp³-hybridized carbons (Fsp3) is 0.259. The number of imidazole rings is 1. The predicted molar refractivity (Wildman–Crippen MR) is 133 cm³/mol. The van der Waals surface area contributed by atoms with Crippen molar-refractivity contribution in [1.82, 2.24) is 15.0 Å². The lowest BCUT2D eigenvalue weighted by Crippen LogP contribution is -2.43. The molecule has 0 unspecified atom stereocenters. The molecule has 0 saturated heterocycles. The van der Waals surface area contributed by atoms with Crippen LogP contribution in [0.3, 0.4) is 0 Å². The summed E-state index contributed by atoms with van der Waals surface area (Å²) in [6.07, 6.45) is 3.54. The molecule has 168 valence electrons. The molecular weight excluding hydrogens is 412 g/mol. The number of para-hydroxylation sites is 1. The van der Waals surface area contributed by atoms with Gasteiger partial charge in [-0.2, -0.15) is 0 Å². The van der Waals surface area contributed by atoms with Crippen LogP contribution < -0.4 is 9.64 Å². The van der Waals surface area contributed by atoms with Crippen LogP contribution >= 0.6 is 0 Å². The highest BCUT2D eigenvalue weighted by Crippen LogP contribution is 2.44. The highest BCUT2D eigenvalue weighted by Gasteiger charge is 2.31. The Bertz CT molecular complexity index is 1320. The Kier molecular flexibility index (Phi) is 5.17. The number of aromatic nitrogens is 3. The lowest BCUT2D eigenvalue weighted by atomic mass is 9.87. The van der Waals surface area contributed by atoms with Gasteiger partial charge < -0.3 is 19.7 Å². The average molecular weight is 441 g/mol. The average Bonchev–Trinajstić information content (AvgIpc) is 3.25. The van der Waals surface area contributed by atoms with Gasteiger partial charge in [0.05, 0.1) is 34.9 Å². The van der Waals surface area contributed by atoms with Crippen LogP contribution in [0.2, 0.25) is 0 Å². The van der Waals surface area contributed by atoms with Crippen molar-refractivity contribution in [3.05, 3.63) is 72.4 Å². The molecule has 33 heavy (non-hydrogen) atoms. The number of benzene rings is 2. The van der Waals surface area contributed by atoms with Crippen LogP contribution in [-0.4, -0.2) is 39.3 Å². The summed E-state index contributed by atoms with van der Waals surface area (Å²) in [4.78, 5) is 15.0. The number of nitrogens with one attached hydrogen (secondary N) is 1. The van der Waals surface area contributed by atoms with Gasteiger partial charge in [-0.15, -0.1) is 0 Å². The maximum Gasteiger partial charge on any atom is 0.154 e. The third-order valence-corrected chi connectivity index (χ3v) is 6.11. The van der Waals surface area contributed by atoms with E-state index in [4.69, 9.17) is 9.72 Å². The summed E-state index contributed by atoms with van der Waals surface area (Å²) in [6.45, 7) is 10.7. The van der Waals surface area contributed by atoms with Crippen LogP contribution in [0.15, 0.2) is 61.3 Å². The lowest BCUT2D eigenvalue weighted by Gasteiger charge is -2.37. The van der Waals surface area contributed by atoms with Crippen LogP contribution in [0, 0.1) is 0 Å². The molecule has 0 aliphatic carbocycles. The molecule has 0 fully saturated rings. The summed E-state index contributed by atoms with van der Waals surface area (Å²) in [5.41, 5.74) is 5.90. The molecule has 2 aromatic carbocycles. The molecule has 3 heterocycles. The number of hydrogen-bond acceptors (Lipinski definition) is 5. The minimum atomic E-state index is -0.236. The monoisotopic (exact) mass is 440 g/mol. The Balaban J connectivity index is 1.61. The number of pyridine rings is 1. The van der Waals surface area contributed by atoms with E-state index < -0.39 is 0 Å². The summed E-state index contributed by atoms with van der Waals surface area (Å²) >= 11 is 0. The van der Waals surface area contributed by atoms with Gasteiger partial charge in [0.1, 0.15) is 18.2 Å². The van der Waals surface area contributed by atoms with E-state index in [0.717, 1.165) is 45.2 Å². The van der Waals surface area contributed by atoms with Crippen molar-refractivity contribution in [2.75, 3.05) is 18.1 Å². The highest BCUT2D eigenvalue weighted by atomic mass is 16.5. The van der Waals surface area contributed by atoms with E-state index in [-0.39, 0.29) is 18.1 Å². The van der Waals surface area contributed by atoms with Gasteiger partial charge in [-0.05, 0) is 52.9 Å². The number of ether oxygens (including phenoxy) is 1. The minimum absolute atomic E-state index is 0.0469. The van der Waals surface area contributed by atoms with Crippen molar-refractivity contribution in [2.24, 2.45) is 0 Å². The first-order chi connectivity index (χ1) is 15.9. The Morgan fingerprint density at radius 3 is 2.76 bits per heavy atom. The molecule has 5 rings (SSSR count). The van der Waals surface area contributed by atoms with Gasteiger partial charge in [0.2, 0.25) is 0 Å². The van der Waals surface area contributed by atoms with E-state index in [1.807, 2.05) is 35.2 Å². The Labute approximate surface area is 193 Å². The second-order valence-corrected chi connectivity index (χ2v) is 9.39. The van der Waals surface area contributed by atoms with Crippen LogP contribution in [0.25, 0.3) is 28.5 Å². The molecule has 0 radical (unpaired) electrons. The number of aliphatic hydroxyl groups excluding tert-OH is 1. The van der Waals surface area contributed by atoms with Gasteiger partial charge in [0, 0.05) is 6.20 Å². The molecule has 2 aromatic heterocycles. The fourth-order valence-corrected chi connectivity index (χ4v) is 4.21. The van der Waals surface area contributed by atoms with E-state index in [1.165, 1.54) is 5.56 Å². The summed E-state index contributed by atoms with van der Waals surface area (Å²) < 4.78 is 6.18. The third kappa shape index (κ3) is 3.76. The molecule has 2 N–H and O–H groups in total. The largest absolute Gasteiger partial charge is 0.488 e. The molecule has 0 amide bonds. The van der Waals surface area contributed by atoms with Crippen molar-refractivity contribution in [3.63, 3.8) is 0 Å². The zero-order valence-electron chi connectivity index (χ0n) is 19.2. The maximum absolute atomic E-state index is 10.0. The van der Waals surface area contributed by atoms with Crippen molar-refractivity contribution in [2.45, 2.75) is 32.2 Å². The van der Waals surface area contributed by atoms with Crippen molar-refractivity contribution >= 4 is 28.6 Å². The van der Waals surface area contributed by atoms with Crippen LogP contribution in [-0.2, 0) is 5.41 Å². The van der Waals surface area contributed by atoms with E-state index >= 15 is 0 Å². The number of H-pyrrole nitrogens is 1. The van der Waals surface area contributed by atoms with Gasteiger partial charge in [-0.1, -0.05) is 45.6 Å². The van der Waals surface area contributed by atoms with Gasteiger partial charge in [-0.3, -0.25) is 0 Å². The van der Waals surface area contributed by atoms with Crippen LogP contribution in [0.5, 0.6) is 5.75 Å². The molecular formula is C27H28N4O2. The third-order valence-electron chi connectivity index (χ3n) is 6.11. The topological polar surface area (TPSA) is 74.3 Å². The summed E-state index contributed by atoms with van der Waals surface area (Å²) in [5, 5.41) is 10.0. The summed E-state index contributed by atoms with van der Waals surface area (Å²) in [5.74, 6) is 2.23. The number of nitrogens with zero attached hydrogens (tertiary/aromatic N) is 3. The standard InChI is InChI=1S/C27H28N4O2/c1-5-17-9-12-24(28-14-17)31-19(15-32)16-33-25-20(7-6-8-23(25)31)26-29-21-11-10-18(27(2,3)4)13-22(21)30-26/h5-14,19,32H,1,15-16H2,2-4H3,(H,29,30)/t19-/m0/s1. The van der Waals surface area contributed by atoms with Crippen molar-refractivity contribution in [1.29, 1.82) is 0 Å². The van der Waals surface area contributed by atoms with Gasteiger partial charge >= 0.3 is 0 Å². The van der Waals surface area contributed by atoms with Crippen LogP contribution in [0.4, 0.5) is 11.5 Å². The Morgan fingerprint density at radius 1 is 1.21 bits per heavy atom. The van der Waals surface area contributed by atoms with E-state index in [2.05, 4.69) is 55.5 Å². The van der Waals surface area contributed by atoms with E-state index in [9.17, 15) is 5.11 Å². The number of aliphatic hydroxyl groups is 1. The Morgan fingerprint density at radius 2 is 2.06 bits per heavy atom. The molecule has 0 saturated carbocycles. The number of fused-ring (bicyclic) bond motifs is 2. The number of aromatic amines is 1. The first-order valence-electron chi connectivity index (χ1n) is 11.1. The fourth-order valence-electron chi connectivity index (χ4n) is 4.21. The van der Waals surface area contributed by atoms with Gasteiger partial charge in [0.15, 0.2) is 5.75 Å². The summed E-state index contributed by atoms with van der Waals surface area (Å²) in [6, 6.07) is 16.0. The zero-order chi connectivity index (χ0) is 23.2. The SMILES string of the molecule is C=Cc1ccc(N2c3cccc(-c4nc5ccc(C(C)(C)C)cc5[nH]4)c3OC[C@@H]2CO)nc1. The molecule has 4 aromatic rings. The second-order valence-electron chi connectivity index (χ2n) is 9.39. The smallest absolute Gasteiger partial charge is 0.154 e. The molecule has 6 nitrogen and oxygen atoms in total. The summed E-state index contributed by atoms with van der Waals surface area (Å²) in [7, 11) is 0. The maximum atomic E-state index is 10.0. The second kappa shape index (κ2) is 8.05. The predicted octanol–water partition coefficient (Wildman–Crippen LogP) is 5.46. The molecule has 1 atom stereocenters. The van der Waals surface area contributed by atoms with E-state index in [1.54, 1.807) is 12.3 Å². The lowest BCUT2D eigenvalue weighted by molar-refractivity contribution is 0.195. The highest BCUT2D eigenvalue weighted by molar-refractivity contribution is 5.85. The number of hydrogen-bond donors (Lipinski definition) is 2. The van der Waals surface area contributed by atoms with Gasteiger partial charge in [-0.25, -0.2) is 9.97 Å². The number of rotatable bonds is 4. The Hall–Kier alpha value is -3.64. The first-order valence-corrected chi connectivity index (χ1v) is 11.1. The minimum Gasteiger partial charge on any atom is -0.488 e. The normalized spacial score (nSPS) is 15.9. The van der Waals surface area contributed by atoms with E-state index in [0.29, 0.717) is 6.61 Å². The van der Waals surface area contributed by atoms with Gasteiger partial charge in [0.25, 0.3) is 0 Å². The first kappa shape index (κ1) is 21.2. The molecule has 1 aliphatic rings. The van der Waals surface area contributed by atoms with Crippen molar-refractivity contribution in [3.8, 4) is 17.1 Å². The van der Waals surface area contributed by atoms with Crippen molar-refractivity contribution < 1.29 is 9.84 Å². The van der Waals surface area contributed by atoms with Crippen LogP contribution in [0.1, 0.15) is 31.9 Å². The molecule has 1 aliphatic heterocycles.